The van der Waals surface area contributed by atoms with Gasteiger partial charge in [-0.3, -0.25) is 0 Å². The van der Waals surface area contributed by atoms with E-state index in [0.717, 1.165) is 11.6 Å². The Morgan fingerprint density at radius 2 is 1.70 bits per heavy atom. The molecule has 0 fully saturated rings. The van der Waals surface area contributed by atoms with Gasteiger partial charge in [0.05, 0.1) is 0 Å². The van der Waals surface area contributed by atoms with Gasteiger partial charge in [0.2, 0.25) is 0 Å². The molecule has 0 saturated heterocycles. The molecule has 0 atom stereocenters. The normalized spacial score (nSPS) is 12.2. The van der Waals surface area contributed by atoms with Crippen molar-refractivity contribution in [2.24, 2.45) is 5.73 Å². The van der Waals surface area contributed by atoms with E-state index in [1.54, 1.807) is 24.3 Å². The molecule has 0 amide bonds. The Morgan fingerprint density at radius 1 is 1.05 bits per heavy atom. The van der Waals surface area contributed by atoms with Crippen molar-refractivity contribution in [2.45, 2.75) is 6.54 Å². The van der Waals surface area contributed by atoms with Crippen LogP contribution in [0, 0.1) is 3.57 Å². The van der Waals surface area contributed by atoms with E-state index in [-0.39, 0.29) is 10.7 Å². The van der Waals surface area contributed by atoms with Crippen LogP contribution >= 0.6 is 11.6 Å². The summed E-state index contributed by atoms with van der Waals surface area (Å²) in [5, 5.41) is 2.87. The van der Waals surface area contributed by atoms with Gasteiger partial charge in [0, 0.05) is 0 Å². The van der Waals surface area contributed by atoms with Gasteiger partial charge in [-0.05, 0) is 0 Å². The minimum absolute atomic E-state index is 0.0406. The van der Waals surface area contributed by atoms with Crippen LogP contribution in [0.2, 0.25) is 5.02 Å². The molecule has 0 aromatic heterocycles. The maximum atomic E-state index is 13.1. The topological polar surface area (TPSA) is 38.0 Å². The summed E-state index contributed by atoms with van der Waals surface area (Å²) in [5.41, 5.74) is 7.01. The van der Waals surface area contributed by atoms with Gasteiger partial charge in [-0.15, -0.1) is 0 Å². The van der Waals surface area contributed by atoms with Crippen LogP contribution in [-0.4, -0.2) is 0 Å². The van der Waals surface area contributed by atoms with Crippen molar-refractivity contribution >= 4 is 23.0 Å². The van der Waals surface area contributed by atoms with Crippen molar-refractivity contribution in [2.75, 3.05) is 5.32 Å². The van der Waals surface area contributed by atoms with Crippen molar-refractivity contribution in [3.63, 3.8) is 0 Å². The first-order valence-electron chi connectivity index (χ1n) is 5.63. The Bertz CT molecular complexity index is 600. The predicted molar refractivity (Wildman–Crippen MR) is 71.1 cm³/mol. The molecule has 2 rings (SSSR count). The summed E-state index contributed by atoms with van der Waals surface area (Å²) in [6, 6.07) is 10.7. The molecular weight excluding hydrogens is 404 g/mol. The van der Waals surface area contributed by atoms with Crippen LogP contribution in [0.3, 0.4) is 0 Å². The maximum absolute atomic E-state index is 13.1. The van der Waals surface area contributed by atoms with Crippen molar-refractivity contribution in [1.29, 1.82) is 0 Å². The molecule has 0 radical (unpaired) electrons. The summed E-state index contributed by atoms with van der Waals surface area (Å²) in [5.74, 6) is 0. The van der Waals surface area contributed by atoms with Gasteiger partial charge in [-0.25, -0.2) is 0 Å². The fraction of sp³-hybridized carbons (Fsp3) is 0.0769. The molecule has 3 N–H and O–H groups in total. The number of hydrogen-bond acceptors (Lipinski definition) is 2. The Kier molecular flexibility index (Phi) is 4.77. The van der Waals surface area contributed by atoms with Gasteiger partial charge in [0.15, 0.2) is 0 Å². The number of nitrogens with one attached hydrogen (secondary N) is 1. The first-order chi connectivity index (χ1) is 9.40. The molecule has 0 saturated carbocycles. The summed E-state index contributed by atoms with van der Waals surface area (Å²) < 4.78 is 38.7. The van der Waals surface area contributed by atoms with Crippen molar-refractivity contribution in [1.82, 2.24) is 0 Å². The standard InChI is InChI=1S/C13H12ClF3IN2/c14-10-3-6-13(12(7-10)18(15,16)17)20-11-4-1-9(8-19)2-5-11/h1-7,20H,8,19H2/q-1. The molecule has 20 heavy (non-hydrogen) atoms. The summed E-state index contributed by atoms with van der Waals surface area (Å²) in [6.45, 7) is 0.393. The molecule has 0 spiro atoms. The summed E-state index contributed by atoms with van der Waals surface area (Å²) in [4.78, 5) is 0. The molecule has 0 aliphatic rings. The third-order valence-electron chi connectivity index (χ3n) is 2.63. The van der Waals surface area contributed by atoms with Crippen molar-refractivity contribution in [3.8, 4) is 0 Å². The molecule has 110 valence electrons. The Hall–Kier alpha value is -0.990. The molecule has 2 nitrogen and oxygen atoms in total. The quantitative estimate of drug-likeness (QED) is 0.744. The molecule has 2 aromatic carbocycles. The van der Waals surface area contributed by atoms with E-state index in [1.807, 2.05) is 0 Å². The van der Waals surface area contributed by atoms with Gasteiger partial charge in [0.1, 0.15) is 0 Å². The second kappa shape index (κ2) is 6.19. The van der Waals surface area contributed by atoms with Gasteiger partial charge < -0.3 is 0 Å². The second-order valence-electron chi connectivity index (χ2n) is 4.03. The number of anilines is 2. The molecule has 0 aliphatic carbocycles. The van der Waals surface area contributed by atoms with Gasteiger partial charge in [0.25, 0.3) is 0 Å². The summed E-state index contributed by atoms with van der Waals surface area (Å²) >= 11 is -0.733. The first-order valence-corrected chi connectivity index (χ1v) is 9.53. The SMILES string of the molecule is NCc1ccc(Nc2ccc(Cl)cc2[I-](F)(F)F)cc1. The zero-order valence-corrected chi connectivity index (χ0v) is 13.1. The Morgan fingerprint density at radius 3 is 2.25 bits per heavy atom. The van der Waals surface area contributed by atoms with E-state index in [9.17, 15) is 8.58 Å². The molecule has 0 aliphatic heterocycles. The summed E-state index contributed by atoms with van der Waals surface area (Å²) in [6.07, 6.45) is 0. The van der Waals surface area contributed by atoms with Crippen LogP contribution in [0.4, 0.5) is 20.0 Å². The molecule has 7 heteroatoms. The van der Waals surface area contributed by atoms with Crippen LogP contribution in [0.15, 0.2) is 42.5 Å². The van der Waals surface area contributed by atoms with E-state index in [2.05, 4.69) is 5.32 Å². The average molecular weight is 416 g/mol. The van der Waals surface area contributed by atoms with E-state index < -0.39 is 23.7 Å². The Labute approximate surface area is 126 Å². The van der Waals surface area contributed by atoms with Crippen molar-refractivity contribution in [3.05, 3.63) is 56.6 Å². The second-order valence-corrected chi connectivity index (χ2v) is 7.77. The average Bonchev–Trinajstić information content (AvgIpc) is 2.40. The van der Waals surface area contributed by atoms with Crippen LogP contribution in [-0.2, 0) is 6.54 Å². The fourth-order valence-corrected chi connectivity index (χ4v) is 3.67. The van der Waals surface area contributed by atoms with Crippen LogP contribution in [0.1, 0.15) is 5.56 Å². The van der Waals surface area contributed by atoms with Crippen LogP contribution in [0.5, 0.6) is 0 Å². The predicted octanol–water partition coefficient (Wildman–Crippen LogP) is 1.53. The van der Waals surface area contributed by atoms with E-state index in [4.69, 9.17) is 17.3 Å². The zero-order valence-electron chi connectivity index (χ0n) is 10.2. The number of nitrogens with two attached hydrogens (primary N) is 1. The number of benzene rings is 2. The van der Waals surface area contributed by atoms with E-state index in [0.29, 0.717) is 12.2 Å². The third kappa shape index (κ3) is 3.77. The Balaban J connectivity index is 2.32. The van der Waals surface area contributed by atoms with E-state index >= 15 is 0 Å². The minimum atomic E-state index is -6.39. The molecular formula is C13H12ClF3IN2-. The van der Waals surface area contributed by atoms with Crippen LogP contribution in [0.25, 0.3) is 0 Å². The third-order valence-corrected chi connectivity index (χ3v) is 5.08. The number of rotatable bonds is 4. The van der Waals surface area contributed by atoms with Gasteiger partial charge >= 0.3 is 126 Å². The zero-order chi connectivity index (χ0) is 14.8. The first kappa shape index (κ1) is 15.4. The van der Waals surface area contributed by atoms with E-state index in [1.165, 1.54) is 12.1 Å². The fourth-order valence-electron chi connectivity index (χ4n) is 1.65. The molecule has 0 bridgehead atoms. The van der Waals surface area contributed by atoms with Crippen LogP contribution < -0.4 is 31.2 Å². The van der Waals surface area contributed by atoms with Crippen molar-refractivity contribution < 1.29 is 28.7 Å². The number of hydrogen-bond donors (Lipinski definition) is 2. The molecule has 2 aromatic rings. The number of halogens is 5. The summed E-state index contributed by atoms with van der Waals surface area (Å²) in [7, 11) is 0. The van der Waals surface area contributed by atoms with Gasteiger partial charge in [-0.2, -0.15) is 0 Å². The van der Waals surface area contributed by atoms with Gasteiger partial charge in [-0.1, -0.05) is 0 Å². The molecule has 0 heterocycles. The molecule has 0 unspecified atom stereocenters. The monoisotopic (exact) mass is 415 g/mol.